The van der Waals surface area contributed by atoms with E-state index in [4.69, 9.17) is 5.11 Å². The highest BCUT2D eigenvalue weighted by molar-refractivity contribution is 5.81. The van der Waals surface area contributed by atoms with Crippen molar-refractivity contribution in [2.75, 3.05) is 13.2 Å². The molecule has 2 aliphatic rings. The molecule has 12 heavy (non-hydrogen) atoms. The summed E-state index contributed by atoms with van der Waals surface area (Å²) in [6.07, 6.45) is 4.17. The molecule has 3 heteroatoms. The highest BCUT2D eigenvalue weighted by atomic mass is 16.3. The van der Waals surface area contributed by atoms with Crippen LogP contribution in [0.2, 0.25) is 0 Å². The van der Waals surface area contributed by atoms with Crippen molar-refractivity contribution in [1.82, 2.24) is 4.90 Å². The number of rotatable bonds is 2. The maximum Gasteiger partial charge on any atom is 0.226 e. The zero-order chi connectivity index (χ0) is 8.55. The van der Waals surface area contributed by atoms with Gasteiger partial charge in [-0.15, -0.1) is 0 Å². The van der Waals surface area contributed by atoms with Crippen molar-refractivity contribution in [2.24, 2.45) is 5.92 Å². The summed E-state index contributed by atoms with van der Waals surface area (Å²) in [6, 6.07) is 0.123. The number of nitrogens with zero attached hydrogens (tertiary/aromatic N) is 1. The van der Waals surface area contributed by atoms with Crippen molar-refractivity contribution < 1.29 is 9.90 Å². The van der Waals surface area contributed by atoms with Crippen LogP contribution in [0, 0.1) is 5.92 Å². The van der Waals surface area contributed by atoms with E-state index in [0.29, 0.717) is 5.92 Å². The Bertz CT molecular complexity index is 189. The number of hydrogen-bond acceptors (Lipinski definition) is 2. The molecule has 68 valence electrons. The van der Waals surface area contributed by atoms with Gasteiger partial charge >= 0.3 is 0 Å². The maximum atomic E-state index is 11.6. The van der Waals surface area contributed by atoms with Crippen LogP contribution in [0.15, 0.2) is 0 Å². The Hall–Kier alpha value is -0.570. The average molecular weight is 169 g/mol. The number of hydrogen-bond donors (Lipinski definition) is 1. The average Bonchev–Trinajstić information content (AvgIpc) is 2.82. The molecule has 0 radical (unpaired) electrons. The van der Waals surface area contributed by atoms with Gasteiger partial charge < -0.3 is 10.0 Å². The summed E-state index contributed by atoms with van der Waals surface area (Å²) in [6.45, 7) is 0.999. The zero-order valence-corrected chi connectivity index (χ0v) is 7.20. The monoisotopic (exact) mass is 169 g/mol. The van der Waals surface area contributed by atoms with Crippen molar-refractivity contribution >= 4 is 5.91 Å². The van der Waals surface area contributed by atoms with Gasteiger partial charge in [0.25, 0.3) is 0 Å². The quantitative estimate of drug-likeness (QED) is 0.649. The van der Waals surface area contributed by atoms with Gasteiger partial charge in [-0.1, -0.05) is 0 Å². The molecule has 2 fully saturated rings. The number of carbonyl (C=O) groups is 1. The Balaban J connectivity index is 1.96. The summed E-state index contributed by atoms with van der Waals surface area (Å²) < 4.78 is 0. The Kier molecular flexibility index (Phi) is 2.05. The number of carbonyl (C=O) groups excluding carboxylic acids is 1. The van der Waals surface area contributed by atoms with E-state index in [-0.39, 0.29) is 18.6 Å². The lowest BCUT2D eigenvalue weighted by Crippen LogP contribution is -2.38. The van der Waals surface area contributed by atoms with Crippen LogP contribution in [0.5, 0.6) is 0 Å². The molecule has 0 aromatic heterocycles. The minimum absolute atomic E-state index is 0.123. The second-order valence-corrected chi connectivity index (χ2v) is 3.78. The molecule has 1 aliphatic heterocycles. The standard InChI is InChI=1S/C9H15NO2/c11-6-8-2-1-5-10(8)9(12)7-3-4-7/h7-8,11H,1-6H2. The second kappa shape index (κ2) is 3.05. The van der Waals surface area contributed by atoms with Crippen LogP contribution in [0.1, 0.15) is 25.7 Å². The molecule has 1 saturated carbocycles. The van der Waals surface area contributed by atoms with Crippen LogP contribution < -0.4 is 0 Å². The zero-order valence-electron chi connectivity index (χ0n) is 7.20. The first-order valence-corrected chi connectivity index (χ1v) is 4.74. The number of amides is 1. The second-order valence-electron chi connectivity index (χ2n) is 3.78. The Labute approximate surface area is 72.4 Å². The SMILES string of the molecule is O=C(C1CC1)N1CCCC1CO. The lowest BCUT2D eigenvalue weighted by molar-refractivity contribution is -0.134. The van der Waals surface area contributed by atoms with Gasteiger partial charge in [-0.2, -0.15) is 0 Å². The smallest absolute Gasteiger partial charge is 0.226 e. The van der Waals surface area contributed by atoms with Crippen LogP contribution in [0.4, 0.5) is 0 Å². The summed E-state index contributed by atoms with van der Waals surface area (Å²) in [5.41, 5.74) is 0. The maximum absolute atomic E-state index is 11.6. The molecule has 1 saturated heterocycles. The topological polar surface area (TPSA) is 40.5 Å². The molecule has 1 atom stereocenters. The van der Waals surface area contributed by atoms with Crippen molar-refractivity contribution in [3.8, 4) is 0 Å². The van der Waals surface area contributed by atoms with Gasteiger partial charge in [0.1, 0.15) is 0 Å². The molecule has 0 aromatic carbocycles. The Morgan fingerprint density at radius 2 is 2.17 bits per heavy atom. The van der Waals surface area contributed by atoms with E-state index in [1.165, 1.54) is 0 Å². The van der Waals surface area contributed by atoms with Crippen LogP contribution in [-0.2, 0) is 4.79 Å². The molecular weight excluding hydrogens is 154 g/mol. The summed E-state index contributed by atoms with van der Waals surface area (Å²) in [5.74, 6) is 0.587. The van der Waals surface area contributed by atoms with Gasteiger partial charge in [0.2, 0.25) is 5.91 Å². The third-order valence-electron chi connectivity index (χ3n) is 2.80. The van der Waals surface area contributed by atoms with Crippen LogP contribution in [0.3, 0.4) is 0 Å². The minimum atomic E-state index is 0.123. The Morgan fingerprint density at radius 3 is 2.75 bits per heavy atom. The first-order chi connectivity index (χ1) is 5.83. The van der Waals surface area contributed by atoms with Gasteiger partial charge in [0, 0.05) is 12.5 Å². The highest BCUT2D eigenvalue weighted by Gasteiger charge is 2.37. The molecule has 0 spiro atoms. The molecule has 1 heterocycles. The summed E-state index contributed by atoms with van der Waals surface area (Å²) >= 11 is 0. The molecule has 0 bridgehead atoms. The molecule has 3 nitrogen and oxygen atoms in total. The summed E-state index contributed by atoms with van der Waals surface area (Å²) in [5, 5.41) is 8.99. The fraction of sp³-hybridized carbons (Fsp3) is 0.889. The first kappa shape index (κ1) is 8.05. The van der Waals surface area contributed by atoms with E-state index in [1.807, 2.05) is 4.90 Å². The van der Waals surface area contributed by atoms with Crippen LogP contribution in [-0.4, -0.2) is 35.1 Å². The largest absolute Gasteiger partial charge is 0.394 e. The summed E-state index contributed by atoms with van der Waals surface area (Å²) in [7, 11) is 0. The summed E-state index contributed by atoms with van der Waals surface area (Å²) in [4.78, 5) is 13.5. The van der Waals surface area contributed by atoms with Gasteiger partial charge in [-0.25, -0.2) is 0 Å². The number of likely N-dealkylation sites (tertiary alicyclic amines) is 1. The van der Waals surface area contributed by atoms with Crippen molar-refractivity contribution in [2.45, 2.75) is 31.7 Å². The fourth-order valence-electron chi connectivity index (χ4n) is 1.88. The molecular formula is C9H15NO2. The fourth-order valence-corrected chi connectivity index (χ4v) is 1.88. The van der Waals surface area contributed by atoms with Gasteiger partial charge in [0.15, 0.2) is 0 Å². The third-order valence-corrected chi connectivity index (χ3v) is 2.80. The van der Waals surface area contributed by atoms with Crippen LogP contribution in [0.25, 0.3) is 0 Å². The minimum Gasteiger partial charge on any atom is -0.394 e. The predicted octanol–water partition coefficient (Wildman–Crippen LogP) is 0.380. The van der Waals surface area contributed by atoms with Crippen molar-refractivity contribution in [1.29, 1.82) is 0 Å². The van der Waals surface area contributed by atoms with E-state index in [2.05, 4.69) is 0 Å². The van der Waals surface area contributed by atoms with Crippen molar-refractivity contribution in [3.63, 3.8) is 0 Å². The third kappa shape index (κ3) is 1.33. The molecule has 1 aliphatic carbocycles. The van der Waals surface area contributed by atoms with Crippen LogP contribution >= 0.6 is 0 Å². The Morgan fingerprint density at radius 1 is 1.42 bits per heavy atom. The molecule has 0 aromatic rings. The molecule has 1 unspecified atom stereocenters. The first-order valence-electron chi connectivity index (χ1n) is 4.74. The van der Waals surface area contributed by atoms with Crippen molar-refractivity contribution in [3.05, 3.63) is 0 Å². The molecule has 2 rings (SSSR count). The normalized spacial score (nSPS) is 29.4. The predicted molar refractivity (Wildman–Crippen MR) is 44.5 cm³/mol. The van der Waals surface area contributed by atoms with Gasteiger partial charge in [0.05, 0.1) is 12.6 Å². The van der Waals surface area contributed by atoms with E-state index in [9.17, 15) is 4.79 Å². The van der Waals surface area contributed by atoms with E-state index < -0.39 is 0 Å². The highest BCUT2D eigenvalue weighted by Crippen LogP contribution is 2.33. The molecule has 1 amide bonds. The van der Waals surface area contributed by atoms with E-state index in [1.54, 1.807) is 0 Å². The van der Waals surface area contributed by atoms with E-state index >= 15 is 0 Å². The van der Waals surface area contributed by atoms with E-state index in [0.717, 1.165) is 32.2 Å². The van der Waals surface area contributed by atoms with Gasteiger partial charge in [-0.3, -0.25) is 4.79 Å². The number of aliphatic hydroxyl groups is 1. The van der Waals surface area contributed by atoms with Gasteiger partial charge in [-0.05, 0) is 25.7 Å². The number of aliphatic hydroxyl groups excluding tert-OH is 1. The molecule has 1 N–H and O–H groups in total. The lowest BCUT2D eigenvalue weighted by Gasteiger charge is -2.22. The lowest BCUT2D eigenvalue weighted by atomic mass is 10.2.